The zero-order valence-corrected chi connectivity index (χ0v) is 8.36. The summed E-state index contributed by atoms with van der Waals surface area (Å²) in [7, 11) is 0. The average molecular weight is 200 g/mol. The van der Waals surface area contributed by atoms with Crippen molar-refractivity contribution in [3.8, 4) is 12.3 Å². The van der Waals surface area contributed by atoms with Crippen molar-refractivity contribution in [3.05, 3.63) is 29.6 Å². The molecule has 1 amide bonds. The van der Waals surface area contributed by atoms with Gasteiger partial charge in [-0.2, -0.15) is 0 Å². The Bertz CT molecular complexity index is 416. The summed E-state index contributed by atoms with van der Waals surface area (Å²) in [5.41, 5.74) is 1.17. The summed E-state index contributed by atoms with van der Waals surface area (Å²) < 4.78 is 0. The Balaban J connectivity index is 2.07. The highest BCUT2D eigenvalue weighted by Gasteiger charge is 2.20. The Kier molecular flexibility index (Phi) is 2.68. The van der Waals surface area contributed by atoms with Gasteiger partial charge in [-0.15, -0.1) is 6.42 Å². The van der Waals surface area contributed by atoms with Crippen LogP contribution in [0.1, 0.15) is 35.2 Å². The van der Waals surface area contributed by atoms with E-state index in [1.54, 1.807) is 12.3 Å². The van der Waals surface area contributed by atoms with E-state index in [0.29, 0.717) is 17.2 Å². The van der Waals surface area contributed by atoms with Gasteiger partial charge in [0.15, 0.2) is 0 Å². The quantitative estimate of drug-likeness (QED) is 0.732. The number of hydrogen-bond acceptors (Lipinski definition) is 2. The molecule has 0 spiro atoms. The summed E-state index contributed by atoms with van der Waals surface area (Å²) in [4.78, 5) is 15.6. The van der Waals surface area contributed by atoms with Crippen LogP contribution in [0.4, 0.5) is 0 Å². The van der Waals surface area contributed by atoms with Gasteiger partial charge >= 0.3 is 0 Å². The van der Waals surface area contributed by atoms with Gasteiger partial charge in [-0.25, -0.2) is 0 Å². The lowest BCUT2D eigenvalue weighted by atomic mass is 9.93. The van der Waals surface area contributed by atoms with Gasteiger partial charge in [-0.05, 0) is 25.3 Å². The molecule has 1 heterocycles. The first-order chi connectivity index (χ1) is 7.29. The van der Waals surface area contributed by atoms with E-state index in [2.05, 4.69) is 16.2 Å². The molecular formula is C12H12N2O. The molecule has 15 heavy (non-hydrogen) atoms. The molecule has 0 aromatic carbocycles. The summed E-state index contributed by atoms with van der Waals surface area (Å²) in [5, 5.41) is 2.94. The summed E-state index contributed by atoms with van der Waals surface area (Å²) in [6.45, 7) is 0. The fourth-order valence-electron chi connectivity index (χ4n) is 1.46. The molecule has 1 fully saturated rings. The summed E-state index contributed by atoms with van der Waals surface area (Å²) >= 11 is 0. The van der Waals surface area contributed by atoms with Crippen LogP contribution in [0.2, 0.25) is 0 Å². The summed E-state index contributed by atoms with van der Waals surface area (Å²) in [6.07, 6.45) is 11.7. The number of pyridine rings is 1. The van der Waals surface area contributed by atoms with Crippen molar-refractivity contribution in [2.75, 3.05) is 0 Å². The standard InChI is InChI=1S/C12H12N2O/c1-2-9-6-10(8-13-7-9)12(15)14-11-4-3-5-11/h1,6-8,11H,3-5H2,(H,14,15). The molecule has 1 aliphatic carbocycles. The first kappa shape index (κ1) is 9.72. The monoisotopic (exact) mass is 200 g/mol. The van der Waals surface area contributed by atoms with E-state index in [1.807, 2.05) is 0 Å². The Hall–Kier alpha value is -1.82. The van der Waals surface area contributed by atoms with Crippen LogP contribution in [0.5, 0.6) is 0 Å². The molecule has 3 nitrogen and oxygen atoms in total. The summed E-state index contributed by atoms with van der Waals surface area (Å²) in [5.74, 6) is 2.38. The first-order valence-corrected chi connectivity index (χ1v) is 5.02. The molecule has 1 aromatic rings. The molecule has 3 heteroatoms. The fourth-order valence-corrected chi connectivity index (χ4v) is 1.46. The van der Waals surface area contributed by atoms with E-state index in [4.69, 9.17) is 6.42 Å². The number of amides is 1. The third-order valence-corrected chi connectivity index (χ3v) is 2.61. The van der Waals surface area contributed by atoms with Crippen LogP contribution < -0.4 is 5.32 Å². The van der Waals surface area contributed by atoms with Gasteiger partial charge in [0.25, 0.3) is 5.91 Å². The van der Waals surface area contributed by atoms with Gasteiger partial charge in [-0.1, -0.05) is 5.92 Å². The average Bonchev–Trinajstić information content (AvgIpc) is 2.23. The maximum absolute atomic E-state index is 11.7. The van der Waals surface area contributed by atoms with Gasteiger partial charge in [0.1, 0.15) is 0 Å². The SMILES string of the molecule is C#Cc1cncc(C(=O)NC2CCC2)c1. The van der Waals surface area contributed by atoms with Crippen molar-refractivity contribution in [2.24, 2.45) is 0 Å². The van der Waals surface area contributed by atoms with Crippen molar-refractivity contribution < 1.29 is 4.79 Å². The molecule has 1 N–H and O–H groups in total. The number of nitrogens with zero attached hydrogens (tertiary/aromatic N) is 1. The number of carbonyl (C=O) groups is 1. The van der Waals surface area contributed by atoms with Crippen LogP contribution in [-0.4, -0.2) is 16.9 Å². The molecule has 0 bridgehead atoms. The lowest BCUT2D eigenvalue weighted by molar-refractivity contribution is 0.0916. The van der Waals surface area contributed by atoms with Crippen LogP contribution in [0.25, 0.3) is 0 Å². The van der Waals surface area contributed by atoms with Gasteiger partial charge in [0, 0.05) is 24.0 Å². The number of rotatable bonds is 2. The van der Waals surface area contributed by atoms with Gasteiger partial charge in [0.2, 0.25) is 0 Å². The molecule has 0 atom stereocenters. The molecule has 1 saturated carbocycles. The number of carbonyl (C=O) groups excluding carboxylic acids is 1. The maximum Gasteiger partial charge on any atom is 0.253 e. The fraction of sp³-hybridized carbons (Fsp3) is 0.333. The molecule has 2 rings (SSSR count). The van der Waals surface area contributed by atoms with E-state index < -0.39 is 0 Å². The lowest BCUT2D eigenvalue weighted by Gasteiger charge is -2.26. The Labute approximate surface area is 88.9 Å². The second-order valence-corrected chi connectivity index (χ2v) is 3.71. The van der Waals surface area contributed by atoms with Crippen molar-refractivity contribution in [3.63, 3.8) is 0 Å². The second kappa shape index (κ2) is 4.14. The van der Waals surface area contributed by atoms with Gasteiger partial charge < -0.3 is 5.32 Å². The van der Waals surface area contributed by atoms with Crippen LogP contribution in [0.15, 0.2) is 18.5 Å². The molecule has 0 aliphatic heterocycles. The topological polar surface area (TPSA) is 42.0 Å². The molecule has 0 saturated heterocycles. The third kappa shape index (κ3) is 2.16. The molecule has 0 unspecified atom stereocenters. The molecule has 1 aliphatic rings. The predicted octanol–water partition coefficient (Wildman–Crippen LogP) is 1.35. The smallest absolute Gasteiger partial charge is 0.253 e. The number of nitrogens with one attached hydrogen (secondary N) is 1. The van der Waals surface area contributed by atoms with Crippen molar-refractivity contribution in [1.29, 1.82) is 0 Å². The molecule has 76 valence electrons. The zero-order chi connectivity index (χ0) is 10.7. The Morgan fingerprint density at radius 3 is 2.93 bits per heavy atom. The molecular weight excluding hydrogens is 188 g/mol. The minimum Gasteiger partial charge on any atom is -0.349 e. The minimum absolute atomic E-state index is 0.0794. The molecule has 1 aromatic heterocycles. The van der Waals surface area contributed by atoms with Crippen LogP contribution >= 0.6 is 0 Å². The predicted molar refractivity (Wildman–Crippen MR) is 57.3 cm³/mol. The highest BCUT2D eigenvalue weighted by atomic mass is 16.1. The largest absolute Gasteiger partial charge is 0.349 e. The summed E-state index contributed by atoms with van der Waals surface area (Å²) in [6, 6.07) is 2.02. The van der Waals surface area contributed by atoms with Crippen LogP contribution in [0.3, 0.4) is 0 Å². The number of aromatic nitrogens is 1. The highest BCUT2D eigenvalue weighted by molar-refractivity contribution is 5.94. The Morgan fingerprint density at radius 2 is 2.33 bits per heavy atom. The van der Waals surface area contributed by atoms with Crippen LogP contribution in [-0.2, 0) is 0 Å². The third-order valence-electron chi connectivity index (χ3n) is 2.61. The van der Waals surface area contributed by atoms with E-state index in [9.17, 15) is 4.79 Å². The van der Waals surface area contributed by atoms with E-state index in [1.165, 1.54) is 12.6 Å². The maximum atomic E-state index is 11.7. The lowest BCUT2D eigenvalue weighted by Crippen LogP contribution is -2.39. The second-order valence-electron chi connectivity index (χ2n) is 3.71. The number of hydrogen-bond donors (Lipinski definition) is 1. The van der Waals surface area contributed by atoms with Crippen molar-refractivity contribution >= 4 is 5.91 Å². The molecule has 0 radical (unpaired) electrons. The van der Waals surface area contributed by atoms with E-state index in [0.717, 1.165) is 12.8 Å². The van der Waals surface area contributed by atoms with E-state index in [-0.39, 0.29) is 5.91 Å². The van der Waals surface area contributed by atoms with Crippen molar-refractivity contribution in [2.45, 2.75) is 25.3 Å². The first-order valence-electron chi connectivity index (χ1n) is 5.02. The minimum atomic E-state index is -0.0794. The van der Waals surface area contributed by atoms with Gasteiger partial charge in [-0.3, -0.25) is 9.78 Å². The highest BCUT2D eigenvalue weighted by Crippen LogP contribution is 2.18. The normalized spacial score (nSPS) is 15.1. The van der Waals surface area contributed by atoms with Crippen LogP contribution in [0, 0.1) is 12.3 Å². The number of terminal acetylenes is 1. The zero-order valence-electron chi connectivity index (χ0n) is 8.36. The van der Waals surface area contributed by atoms with Gasteiger partial charge in [0.05, 0.1) is 5.56 Å². The van der Waals surface area contributed by atoms with Crippen molar-refractivity contribution in [1.82, 2.24) is 10.3 Å². The van der Waals surface area contributed by atoms with E-state index >= 15 is 0 Å². The Morgan fingerprint density at radius 1 is 1.53 bits per heavy atom.